The molecule has 182 valence electrons. The standard InChI is InChI=1S/C26H20Cl2N4O3S/c1-35-19-4-2-3-16(11-19)24-20(12-29)25(34)32-26(31-24)36-14-17-10-18(6-8-23(17)33)30-13-15-5-7-21(27)22(28)9-15/h2-11,30,33H,13-14H2,1H3,(H,31,32,34). The molecule has 4 aromatic rings. The van der Waals surface area contributed by atoms with E-state index in [0.717, 1.165) is 11.3 Å². The number of phenolic OH excluding ortho intramolecular Hbond substituents is 1. The number of nitrogens with one attached hydrogen (secondary N) is 2. The number of ether oxygens (including phenoxy) is 1. The number of hydrogen-bond acceptors (Lipinski definition) is 7. The van der Waals surface area contributed by atoms with Crippen molar-refractivity contribution in [2.75, 3.05) is 12.4 Å². The van der Waals surface area contributed by atoms with Crippen molar-refractivity contribution < 1.29 is 9.84 Å². The van der Waals surface area contributed by atoms with Crippen molar-refractivity contribution in [1.82, 2.24) is 9.97 Å². The van der Waals surface area contributed by atoms with E-state index >= 15 is 0 Å². The lowest BCUT2D eigenvalue weighted by molar-refractivity contribution is 0.415. The summed E-state index contributed by atoms with van der Waals surface area (Å²) in [5, 5.41) is 24.5. The number of aromatic amines is 1. The second-order valence-electron chi connectivity index (χ2n) is 7.67. The first-order chi connectivity index (χ1) is 17.4. The summed E-state index contributed by atoms with van der Waals surface area (Å²) in [6.45, 7) is 0.517. The zero-order valence-electron chi connectivity index (χ0n) is 19.0. The SMILES string of the molecule is COc1cccc(-c2nc(SCc3cc(NCc4ccc(Cl)c(Cl)c4)ccc3O)[nH]c(=O)c2C#N)c1. The number of hydrogen-bond donors (Lipinski definition) is 3. The van der Waals surface area contributed by atoms with Gasteiger partial charge in [0.1, 0.15) is 23.1 Å². The lowest BCUT2D eigenvalue weighted by atomic mass is 10.1. The van der Waals surface area contributed by atoms with Gasteiger partial charge in [-0.3, -0.25) is 4.79 Å². The van der Waals surface area contributed by atoms with Gasteiger partial charge in [-0.05, 0) is 48.0 Å². The van der Waals surface area contributed by atoms with Crippen molar-refractivity contribution in [2.24, 2.45) is 0 Å². The Morgan fingerprint density at radius 1 is 1.14 bits per heavy atom. The first-order valence-electron chi connectivity index (χ1n) is 10.7. The summed E-state index contributed by atoms with van der Waals surface area (Å²) in [5.41, 5.74) is 2.65. The maximum absolute atomic E-state index is 12.6. The quantitative estimate of drug-likeness (QED) is 0.138. The Balaban J connectivity index is 1.53. The van der Waals surface area contributed by atoms with E-state index in [4.69, 9.17) is 27.9 Å². The van der Waals surface area contributed by atoms with Crippen LogP contribution >= 0.6 is 35.0 Å². The predicted octanol–water partition coefficient (Wildman–Crippen LogP) is 6.23. The van der Waals surface area contributed by atoms with Crippen LogP contribution < -0.4 is 15.6 Å². The fraction of sp³-hybridized carbons (Fsp3) is 0.115. The van der Waals surface area contributed by atoms with Gasteiger partial charge in [-0.15, -0.1) is 0 Å². The number of aromatic nitrogens is 2. The number of methoxy groups -OCH3 is 1. The molecule has 0 saturated heterocycles. The molecule has 0 aliphatic heterocycles. The van der Waals surface area contributed by atoms with Gasteiger partial charge in [0, 0.05) is 29.1 Å². The molecule has 0 bridgehead atoms. The van der Waals surface area contributed by atoms with Gasteiger partial charge >= 0.3 is 0 Å². The van der Waals surface area contributed by atoms with Crippen molar-refractivity contribution in [3.05, 3.63) is 97.8 Å². The van der Waals surface area contributed by atoms with Crippen LogP contribution in [0.2, 0.25) is 10.0 Å². The van der Waals surface area contributed by atoms with E-state index in [1.165, 1.54) is 18.9 Å². The molecule has 0 spiro atoms. The average molecular weight is 539 g/mol. The van der Waals surface area contributed by atoms with Crippen molar-refractivity contribution in [3.63, 3.8) is 0 Å². The summed E-state index contributed by atoms with van der Waals surface area (Å²) in [5.74, 6) is 1.04. The molecule has 7 nitrogen and oxygen atoms in total. The van der Waals surface area contributed by atoms with E-state index in [2.05, 4.69) is 15.3 Å². The van der Waals surface area contributed by atoms with Crippen LogP contribution in [0.4, 0.5) is 5.69 Å². The molecule has 0 aliphatic rings. The third-order valence-corrected chi connectivity index (χ3v) is 6.94. The van der Waals surface area contributed by atoms with Gasteiger partial charge in [-0.25, -0.2) is 4.98 Å². The maximum Gasteiger partial charge on any atom is 0.270 e. The molecule has 3 N–H and O–H groups in total. The Labute approximate surface area is 221 Å². The topological polar surface area (TPSA) is 111 Å². The first kappa shape index (κ1) is 25.5. The number of H-pyrrole nitrogens is 1. The largest absolute Gasteiger partial charge is 0.508 e. The van der Waals surface area contributed by atoms with E-state index in [1.807, 2.05) is 18.2 Å². The van der Waals surface area contributed by atoms with E-state index in [1.54, 1.807) is 48.5 Å². The highest BCUT2D eigenvalue weighted by molar-refractivity contribution is 7.98. The maximum atomic E-state index is 12.6. The average Bonchev–Trinajstić information content (AvgIpc) is 2.89. The molecule has 4 rings (SSSR count). The van der Waals surface area contributed by atoms with Crippen molar-refractivity contribution in [3.8, 4) is 28.8 Å². The van der Waals surface area contributed by atoms with Crippen molar-refractivity contribution in [1.29, 1.82) is 5.26 Å². The lowest BCUT2D eigenvalue weighted by Crippen LogP contribution is -2.14. The molecule has 10 heteroatoms. The van der Waals surface area contributed by atoms with Gasteiger partial charge in [0.2, 0.25) is 0 Å². The lowest BCUT2D eigenvalue weighted by Gasteiger charge is -2.11. The molecule has 0 aliphatic carbocycles. The van der Waals surface area contributed by atoms with Crippen LogP contribution in [-0.2, 0) is 12.3 Å². The van der Waals surface area contributed by atoms with Gasteiger partial charge < -0.3 is 20.1 Å². The smallest absolute Gasteiger partial charge is 0.270 e. The fourth-order valence-electron chi connectivity index (χ4n) is 3.41. The zero-order chi connectivity index (χ0) is 25.7. The minimum atomic E-state index is -0.533. The summed E-state index contributed by atoms with van der Waals surface area (Å²) in [7, 11) is 1.54. The van der Waals surface area contributed by atoms with Crippen molar-refractivity contribution >= 4 is 40.7 Å². The Kier molecular flexibility index (Phi) is 8.06. The van der Waals surface area contributed by atoms with E-state index in [0.29, 0.717) is 44.4 Å². The van der Waals surface area contributed by atoms with Gasteiger partial charge in [-0.2, -0.15) is 5.26 Å². The summed E-state index contributed by atoms with van der Waals surface area (Å²) in [6, 6.07) is 19.5. The number of rotatable bonds is 8. The molecule has 3 aromatic carbocycles. The molecule has 0 amide bonds. The van der Waals surface area contributed by atoms with Crippen molar-refractivity contribution in [2.45, 2.75) is 17.5 Å². The second-order valence-corrected chi connectivity index (χ2v) is 9.45. The second kappa shape index (κ2) is 11.4. The van der Waals surface area contributed by atoms with E-state index in [9.17, 15) is 15.2 Å². The number of anilines is 1. The number of phenols is 1. The van der Waals surface area contributed by atoms with Crippen LogP contribution in [0.25, 0.3) is 11.3 Å². The van der Waals surface area contributed by atoms with Crippen LogP contribution in [0, 0.1) is 11.3 Å². The summed E-state index contributed by atoms with van der Waals surface area (Å²) >= 11 is 13.3. The third-order valence-electron chi connectivity index (χ3n) is 5.28. The van der Waals surface area contributed by atoms with E-state index < -0.39 is 5.56 Å². The Hall–Kier alpha value is -3.64. The molecular weight excluding hydrogens is 519 g/mol. The molecule has 36 heavy (non-hydrogen) atoms. The molecule has 1 heterocycles. The minimum Gasteiger partial charge on any atom is -0.508 e. The Bertz CT molecular complexity index is 1520. The van der Waals surface area contributed by atoms with Gasteiger partial charge in [-0.1, -0.05) is 53.2 Å². The fourth-order valence-corrected chi connectivity index (χ4v) is 4.58. The van der Waals surface area contributed by atoms with Gasteiger partial charge in [0.25, 0.3) is 5.56 Å². The number of nitriles is 1. The molecule has 0 radical (unpaired) electrons. The van der Waals surface area contributed by atoms with Gasteiger partial charge in [0.15, 0.2) is 5.16 Å². The summed E-state index contributed by atoms with van der Waals surface area (Å²) < 4.78 is 5.25. The summed E-state index contributed by atoms with van der Waals surface area (Å²) in [6.07, 6.45) is 0. The van der Waals surface area contributed by atoms with Crippen LogP contribution in [0.3, 0.4) is 0 Å². The summed E-state index contributed by atoms with van der Waals surface area (Å²) in [4.78, 5) is 19.7. The zero-order valence-corrected chi connectivity index (χ0v) is 21.3. The number of thioether (sulfide) groups is 1. The van der Waals surface area contributed by atoms with E-state index in [-0.39, 0.29) is 17.0 Å². The first-order valence-corrected chi connectivity index (χ1v) is 12.4. The van der Waals surface area contributed by atoms with Crippen LogP contribution in [0.15, 0.2) is 70.6 Å². The number of benzene rings is 3. The highest BCUT2D eigenvalue weighted by atomic mass is 35.5. The predicted molar refractivity (Wildman–Crippen MR) is 143 cm³/mol. The van der Waals surface area contributed by atoms with Crippen LogP contribution in [0.1, 0.15) is 16.7 Å². The highest BCUT2D eigenvalue weighted by Crippen LogP contribution is 2.30. The Morgan fingerprint density at radius 2 is 1.97 bits per heavy atom. The molecule has 1 aromatic heterocycles. The molecule has 0 saturated carbocycles. The third kappa shape index (κ3) is 5.94. The number of halogens is 2. The minimum absolute atomic E-state index is 0.0797. The monoisotopic (exact) mass is 538 g/mol. The molecule has 0 unspecified atom stereocenters. The van der Waals surface area contributed by atoms with Gasteiger partial charge in [0.05, 0.1) is 22.8 Å². The molecular formula is C26H20Cl2N4O3S. The van der Waals surface area contributed by atoms with Crippen LogP contribution in [-0.4, -0.2) is 22.2 Å². The van der Waals surface area contributed by atoms with Crippen LogP contribution in [0.5, 0.6) is 11.5 Å². The number of aromatic hydroxyl groups is 1. The Morgan fingerprint density at radius 3 is 2.72 bits per heavy atom. The molecule has 0 fully saturated rings. The highest BCUT2D eigenvalue weighted by Gasteiger charge is 2.15. The normalized spacial score (nSPS) is 10.6. The molecule has 0 atom stereocenters. The number of nitrogens with zero attached hydrogens (tertiary/aromatic N) is 2.